The zero-order valence-corrected chi connectivity index (χ0v) is 16.3. The summed E-state index contributed by atoms with van der Waals surface area (Å²) in [5.41, 5.74) is 0.863. The Balaban J connectivity index is 2.00. The van der Waals surface area contributed by atoms with Crippen LogP contribution in [0.4, 0.5) is 0 Å². The Morgan fingerprint density at radius 3 is 1.68 bits per heavy atom. The maximum Gasteiger partial charge on any atom is 0.257 e. The van der Waals surface area contributed by atoms with Gasteiger partial charge in [0.15, 0.2) is 0 Å². The first-order chi connectivity index (χ1) is 13.6. The van der Waals surface area contributed by atoms with E-state index in [1.54, 1.807) is 16.1 Å². The van der Waals surface area contributed by atoms with Crippen LogP contribution in [0.25, 0.3) is 0 Å². The van der Waals surface area contributed by atoms with Crippen LogP contribution in [-0.4, -0.2) is 21.8 Å². The van der Waals surface area contributed by atoms with E-state index in [2.05, 4.69) is 6.58 Å². The second-order valence-corrected chi connectivity index (χ2v) is 7.04. The van der Waals surface area contributed by atoms with Crippen LogP contribution < -0.4 is 0 Å². The fourth-order valence-electron chi connectivity index (χ4n) is 3.63. The summed E-state index contributed by atoms with van der Waals surface area (Å²) in [6.45, 7) is 6.43. The molecule has 0 aromatic heterocycles. The highest BCUT2D eigenvalue weighted by Crippen LogP contribution is 2.40. The van der Waals surface area contributed by atoms with E-state index >= 15 is 0 Å². The maximum atomic E-state index is 13.5. The zero-order valence-electron chi connectivity index (χ0n) is 16.3. The Hall–Kier alpha value is -3.14. The summed E-state index contributed by atoms with van der Waals surface area (Å²) in [7, 11) is 0. The topological polar surface area (TPSA) is 40.6 Å². The molecule has 28 heavy (non-hydrogen) atoms. The van der Waals surface area contributed by atoms with E-state index < -0.39 is 5.41 Å². The van der Waals surface area contributed by atoms with Crippen molar-refractivity contribution in [2.24, 2.45) is 5.41 Å². The summed E-state index contributed by atoms with van der Waals surface area (Å²) in [5, 5.41) is 3.22. The fourth-order valence-corrected chi connectivity index (χ4v) is 3.63. The lowest BCUT2D eigenvalue weighted by atomic mass is 9.80. The first-order valence-corrected chi connectivity index (χ1v) is 9.56. The van der Waals surface area contributed by atoms with Gasteiger partial charge in [0, 0.05) is 0 Å². The lowest BCUT2D eigenvalue weighted by molar-refractivity contribution is -0.149. The summed E-state index contributed by atoms with van der Waals surface area (Å²) in [6, 6.07) is 19.5. The molecule has 4 heteroatoms. The molecule has 1 aliphatic heterocycles. The van der Waals surface area contributed by atoms with Crippen LogP contribution in [-0.2, 0) is 22.7 Å². The molecule has 0 atom stereocenters. The van der Waals surface area contributed by atoms with Gasteiger partial charge in [-0.2, -0.15) is 0 Å². The van der Waals surface area contributed by atoms with Gasteiger partial charge in [0.25, 0.3) is 11.8 Å². The minimum Gasteiger partial charge on any atom is -0.272 e. The molecule has 0 bridgehead atoms. The highest BCUT2D eigenvalue weighted by molar-refractivity contribution is 6.10. The molecule has 144 valence electrons. The molecule has 1 fully saturated rings. The number of rotatable bonds is 8. The van der Waals surface area contributed by atoms with Crippen molar-refractivity contribution in [3.8, 4) is 0 Å². The lowest BCUT2D eigenvalue weighted by Crippen LogP contribution is -2.39. The van der Waals surface area contributed by atoms with Gasteiger partial charge in [-0.3, -0.25) is 9.59 Å². The van der Waals surface area contributed by atoms with Crippen molar-refractivity contribution in [2.75, 3.05) is 0 Å². The Bertz CT molecular complexity index is 799. The van der Waals surface area contributed by atoms with Gasteiger partial charge < -0.3 is 0 Å². The maximum absolute atomic E-state index is 13.5. The van der Waals surface area contributed by atoms with Crippen molar-refractivity contribution < 1.29 is 9.59 Å². The number of hydrogen-bond donors (Lipinski definition) is 0. The van der Waals surface area contributed by atoms with Gasteiger partial charge in [-0.15, -0.1) is 6.58 Å². The van der Waals surface area contributed by atoms with Crippen molar-refractivity contribution in [1.82, 2.24) is 10.0 Å². The largest absolute Gasteiger partial charge is 0.272 e. The second kappa shape index (κ2) is 8.70. The van der Waals surface area contributed by atoms with Crippen molar-refractivity contribution >= 4 is 11.8 Å². The second-order valence-electron chi connectivity index (χ2n) is 7.04. The Kier molecular flexibility index (Phi) is 6.09. The van der Waals surface area contributed by atoms with Crippen molar-refractivity contribution in [3.63, 3.8) is 0 Å². The number of allylic oxidation sites excluding steroid dienone is 3. The third kappa shape index (κ3) is 3.77. The van der Waals surface area contributed by atoms with Crippen LogP contribution in [0.15, 0.2) is 85.5 Å². The molecule has 0 saturated carbocycles. The summed E-state index contributed by atoms with van der Waals surface area (Å²) in [5.74, 6) is -0.314. The zero-order chi connectivity index (χ0) is 20.0. The minimum absolute atomic E-state index is 0.157. The molecule has 4 nitrogen and oxygen atoms in total. The fraction of sp³-hybridized carbons (Fsp3) is 0.250. The van der Waals surface area contributed by atoms with E-state index in [0.717, 1.165) is 11.1 Å². The van der Waals surface area contributed by atoms with Crippen LogP contribution in [0.2, 0.25) is 0 Å². The van der Waals surface area contributed by atoms with Crippen molar-refractivity contribution in [3.05, 3.63) is 96.6 Å². The molecule has 2 amide bonds. The number of carbonyl (C=O) groups excluding carboxylic acids is 2. The summed E-state index contributed by atoms with van der Waals surface area (Å²) in [6.07, 6.45) is 6.15. The first-order valence-electron chi connectivity index (χ1n) is 9.56. The number of hydrogen-bond acceptors (Lipinski definition) is 2. The smallest absolute Gasteiger partial charge is 0.257 e. The third-order valence-corrected chi connectivity index (χ3v) is 5.12. The van der Waals surface area contributed by atoms with E-state index in [4.69, 9.17) is 0 Å². The monoisotopic (exact) mass is 374 g/mol. The van der Waals surface area contributed by atoms with E-state index in [0.29, 0.717) is 25.9 Å². The molecule has 0 unspecified atom stereocenters. The predicted octanol–water partition coefficient (Wildman–Crippen LogP) is 4.50. The van der Waals surface area contributed by atoms with Crippen molar-refractivity contribution in [2.45, 2.75) is 32.9 Å². The average Bonchev–Trinajstić information content (AvgIpc) is 2.91. The van der Waals surface area contributed by atoms with Crippen LogP contribution in [0, 0.1) is 5.41 Å². The van der Waals surface area contributed by atoms with Gasteiger partial charge in [0.2, 0.25) is 0 Å². The van der Waals surface area contributed by atoms with Gasteiger partial charge >= 0.3 is 0 Å². The summed E-state index contributed by atoms with van der Waals surface area (Å²) < 4.78 is 0. The average molecular weight is 374 g/mol. The molecule has 0 radical (unpaired) electrons. The molecule has 3 rings (SSSR count). The molecule has 0 aliphatic carbocycles. The number of nitrogens with zero attached hydrogens (tertiary/aromatic N) is 2. The Morgan fingerprint density at radius 2 is 1.29 bits per heavy atom. The van der Waals surface area contributed by atoms with Crippen LogP contribution in [0.5, 0.6) is 0 Å². The molecule has 1 heterocycles. The normalized spacial score (nSPS) is 16.2. The Labute approximate surface area is 166 Å². The SMILES string of the molecule is C=CCC1(CC=CC)C(=O)N(Cc2ccccc2)N(Cc2ccccc2)C1=O. The highest BCUT2D eigenvalue weighted by Gasteiger charge is 2.56. The summed E-state index contributed by atoms with van der Waals surface area (Å²) in [4.78, 5) is 27.0. The quantitative estimate of drug-likeness (QED) is 0.504. The van der Waals surface area contributed by atoms with E-state index in [1.807, 2.05) is 79.7 Å². The van der Waals surface area contributed by atoms with Gasteiger partial charge in [-0.05, 0) is 30.9 Å². The van der Waals surface area contributed by atoms with E-state index in [1.165, 1.54) is 0 Å². The van der Waals surface area contributed by atoms with Gasteiger partial charge in [-0.25, -0.2) is 10.0 Å². The lowest BCUT2D eigenvalue weighted by Gasteiger charge is -2.28. The highest BCUT2D eigenvalue weighted by atomic mass is 16.2. The standard InChI is InChI=1S/C24H26N2O2/c1-3-5-17-24(16-4-2)22(27)25(18-20-12-8-6-9-13-20)26(23(24)28)19-21-14-10-7-11-15-21/h3-15H,2,16-19H2,1H3. The van der Waals surface area contributed by atoms with E-state index in [9.17, 15) is 9.59 Å². The van der Waals surface area contributed by atoms with Crippen LogP contribution in [0.3, 0.4) is 0 Å². The number of carbonyl (C=O) groups is 2. The van der Waals surface area contributed by atoms with Gasteiger partial charge in [0.1, 0.15) is 5.41 Å². The van der Waals surface area contributed by atoms with E-state index in [-0.39, 0.29) is 11.8 Å². The Morgan fingerprint density at radius 1 is 0.821 bits per heavy atom. The van der Waals surface area contributed by atoms with Gasteiger partial charge in [0.05, 0.1) is 13.1 Å². The summed E-state index contributed by atoms with van der Waals surface area (Å²) >= 11 is 0. The molecular weight excluding hydrogens is 348 g/mol. The number of hydrazine groups is 1. The molecular formula is C24H26N2O2. The third-order valence-electron chi connectivity index (χ3n) is 5.12. The molecule has 0 N–H and O–H groups in total. The van der Waals surface area contributed by atoms with Crippen molar-refractivity contribution in [1.29, 1.82) is 0 Å². The van der Waals surface area contributed by atoms with Crippen LogP contribution in [0.1, 0.15) is 30.9 Å². The predicted molar refractivity (Wildman–Crippen MR) is 111 cm³/mol. The number of amides is 2. The molecule has 2 aromatic carbocycles. The first kappa shape index (κ1) is 19.6. The number of benzene rings is 2. The molecule has 2 aromatic rings. The minimum atomic E-state index is -1.11. The molecule has 0 spiro atoms. The van der Waals surface area contributed by atoms with Crippen LogP contribution >= 0.6 is 0 Å². The molecule has 1 aliphatic rings. The van der Waals surface area contributed by atoms with Gasteiger partial charge in [-0.1, -0.05) is 78.9 Å². The molecule has 1 saturated heterocycles.